The topological polar surface area (TPSA) is 59.0 Å². The van der Waals surface area contributed by atoms with Gasteiger partial charge in [0.05, 0.1) is 13.1 Å². The Morgan fingerprint density at radius 2 is 2.47 bits per heavy atom. The number of amides is 1. The summed E-state index contributed by atoms with van der Waals surface area (Å²) in [6.07, 6.45) is 5.30. The predicted octanol–water partition coefficient (Wildman–Crippen LogP) is -0.225. The molecular weight excluding hydrogens is 192 g/mol. The van der Waals surface area contributed by atoms with Gasteiger partial charge in [-0.3, -0.25) is 9.48 Å². The Balaban J connectivity index is 2.04. The molecule has 5 nitrogen and oxygen atoms in total. The second-order valence-corrected chi connectivity index (χ2v) is 3.04. The molecule has 0 saturated heterocycles. The summed E-state index contributed by atoms with van der Waals surface area (Å²) in [6.45, 7) is 5.81. The van der Waals surface area contributed by atoms with Crippen LogP contribution in [0.25, 0.3) is 0 Å². The van der Waals surface area contributed by atoms with E-state index in [0.29, 0.717) is 26.2 Å². The van der Waals surface area contributed by atoms with E-state index in [1.807, 2.05) is 12.3 Å². The molecule has 1 rings (SSSR count). The highest BCUT2D eigenvalue weighted by molar-refractivity contribution is 5.77. The van der Waals surface area contributed by atoms with Crippen LogP contribution in [0.2, 0.25) is 0 Å². The predicted molar refractivity (Wildman–Crippen MR) is 58.3 cm³/mol. The van der Waals surface area contributed by atoms with Crippen LogP contribution in [0.5, 0.6) is 0 Å². The molecule has 0 aromatic carbocycles. The number of aromatic nitrogens is 2. The van der Waals surface area contributed by atoms with E-state index in [4.69, 9.17) is 0 Å². The molecule has 0 aliphatic carbocycles. The van der Waals surface area contributed by atoms with Crippen LogP contribution < -0.4 is 10.6 Å². The second kappa shape index (κ2) is 6.78. The summed E-state index contributed by atoms with van der Waals surface area (Å²) >= 11 is 0. The molecule has 0 unspecified atom stereocenters. The van der Waals surface area contributed by atoms with Gasteiger partial charge in [-0.15, -0.1) is 6.58 Å². The SMILES string of the molecule is C=CCNCC(=O)NCCn1cccn1. The monoisotopic (exact) mass is 208 g/mol. The standard InChI is InChI=1S/C10H16N4O/c1-2-4-11-9-10(15)12-6-8-14-7-3-5-13-14/h2-3,5,7,11H,1,4,6,8-9H2,(H,12,15). The molecule has 0 radical (unpaired) electrons. The van der Waals surface area contributed by atoms with Gasteiger partial charge in [0.25, 0.3) is 0 Å². The highest BCUT2D eigenvalue weighted by Crippen LogP contribution is 1.82. The van der Waals surface area contributed by atoms with Crippen molar-refractivity contribution in [2.45, 2.75) is 6.54 Å². The van der Waals surface area contributed by atoms with Gasteiger partial charge in [-0.25, -0.2) is 0 Å². The molecule has 1 amide bonds. The van der Waals surface area contributed by atoms with Gasteiger partial charge >= 0.3 is 0 Å². The minimum absolute atomic E-state index is 0.0102. The van der Waals surface area contributed by atoms with Crippen LogP contribution in [0.4, 0.5) is 0 Å². The van der Waals surface area contributed by atoms with Crippen molar-refractivity contribution in [1.82, 2.24) is 20.4 Å². The number of rotatable bonds is 7. The molecular formula is C10H16N4O. The van der Waals surface area contributed by atoms with E-state index in [1.165, 1.54) is 0 Å². The molecule has 15 heavy (non-hydrogen) atoms. The smallest absolute Gasteiger partial charge is 0.234 e. The lowest BCUT2D eigenvalue weighted by atomic mass is 10.5. The van der Waals surface area contributed by atoms with E-state index in [0.717, 1.165) is 0 Å². The van der Waals surface area contributed by atoms with Gasteiger partial charge < -0.3 is 10.6 Å². The maximum absolute atomic E-state index is 11.2. The van der Waals surface area contributed by atoms with Crippen molar-refractivity contribution in [2.24, 2.45) is 0 Å². The summed E-state index contributed by atoms with van der Waals surface area (Å²) in [5, 5.41) is 9.73. The summed E-state index contributed by atoms with van der Waals surface area (Å²) in [5.41, 5.74) is 0. The molecule has 0 aliphatic heterocycles. The van der Waals surface area contributed by atoms with Gasteiger partial charge in [-0.1, -0.05) is 6.08 Å². The minimum Gasteiger partial charge on any atom is -0.353 e. The fourth-order valence-electron chi connectivity index (χ4n) is 1.09. The lowest BCUT2D eigenvalue weighted by Gasteiger charge is -2.05. The van der Waals surface area contributed by atoms with Crippen molar-refractivity contribution in [3.05, 3.63) is 31.1 Å². The van der Waals surface area contributed by atoms with Crippen LogP contribution >= 0.6 is 0 Å². The third kappa shape index (κ3) is 4.97. The van der Waals surface area contributed by atoms with Crippen molar-refractivity contribution in [1.29, 1.82) is 0 Å². The Morgan fingerprint density at radius 1 is 1.60 bits per heavy atom. The molecule has 0 spiro atoms. The van der Waals surface area contributed by atoms with Crippen LogP contribution in [0, 0.1) is 0 Å². The zero-order valence-electron chi connectivity index (χ0n) is 8.65. The van der Waals surface area contributed by atoms with Crippen LogP contribution in [0.1, 0.15) is 0 Å². The van der Waals surface area contributed by atoms with Crippen molar-refractivity contribution in [3.63, 3.8) is 0 Å². The number of nitrogens with one attached hydrogen (secondary N) is 2. The third-order valence-electron chi connectivity index (χ3n) is 1.80. The molecule has 1 aromatic heterocycles. The Bertz CT molecular complexity index is 294. The van der Waals surface area contributed by atoms with Gasteiger partial charge in [0.1, 0.15) is 0 Å². The first kappa shape index (κ1) is 11.5. The quantitative estimate of drug-likeness (QED) is 0.481. The first-order valence-electron chi connectivity index (χ1n) is 4.88. The van der Waals surface area contributed by atoms with Gasteiger partial charge in [0.15, 0.2) is 0 Å². The Hall–Kier alpha value is -1.62. The van der Waals surface area contributed by atoms with Crippen LogP contribution in [0.15, 0.2) is 31.1 Å². The lowest BCUT2D eigenvalue weighted by molar-refractivity contribution is -0.120. The largest absolute Gasteiger partial charge is 0.353 e. The van der Waals surface area contributed by atoms with Crippen molar-refractivity contribution in [3.8, 4) is 0 Å². The molecule has 2 N–H and O–H groups in total. The third-order valence-corrected chi connectivity index (χ3v) is 1.80. The fraction of sp³-hybridized carbons (Fsp3) is 0.400. The highest BCUT2D eigenvalue weighted by Gasteiger charge is 1.98. The summed E-state index contributed by atoms with van der Waals surface area (Å²) in [4.78, 5) is 11.2. The molecule has 5 heteroatoms. The average molecular weight is 208 g/mol. The van der Waals surface area contributed by atoms with Crippen molar-refractivity contribution < 1.29 is 4.79 Å². The summed E-state index contributed by atoms with van der Waals surface area (Å²) in [6, 6.07) is 1.85. The van der Waals surface area contributed by atoms with Gasteiger partial charge in [-0.05, 0) is 6.07 Å². The zero-order chi connectivity index (χ0) is 10.9. The van der Waals surface area contributed by atoms with Crippen LogP contribution in [0.3, 0.4) is 0 Å². The maximum Gasteiger partial charge on any atom is 0.234 e. The van der Waals surface area contributed by atoms with E-state index in [2.05, 4.69) is 22.3 Å². The molecule has 0 aliphatic rings. The Morgan fingerprint density at radius 3 is 3.13 bits per heavy atom. The molecule has 0 saturated carbocycles. The second-order valence-electron chi connectivity index (χ2n) is 3.04. The first-order chi connectivity index (χ1) is 7.33. The van der Waals surface area contributed by atoms with Crippen LogP contribution in [-0.2, 0) is 11.3 Å². The molecule has 82 valence electrons. The van der Waals surface area contributed by atoms with E-state index >= 15 is 0 Å². The zero-order valence-corrected chi connectivity index (χ0v) is 8.65. The van der Waals surface area contributed by atoms with E-state index in [1.54, 1.807) is 17.0 Å². The molecule has 0 fully saturated rings. The van der Waals surface area contributed by atoms with Gasteiger partial charge in [-0.2, -0.15) is 5.10 Å². The first-order valence-corrected chi connectivity index (χ1v) is 4.88. The normalized spacial score (nSPS) is 9.87. The lowest BCUT2D eigenvalue weighted by Crippen LogP contribution is -2.35. The summed E-state index contributed by atoms with van der Waals surface area (Å²) in [7, 11) is 0. The van der Waals surface area contributed by atoms with Crippen molar-refractivity contribution >= 4 is 5.91 Å². The highest BCUT2D eigenvalue weighted by atomic mass is 16.1. The molecule has 1 heterocycles. The number of hydrogen-bond acceptors (Lipinski definition) is 3. The minimum atomic E-state index is -0.0102. The van der Waals surface area contributed by atoms with Crippen LogP contribution in [-0.4, -0.2) is 35.3 Å². The van der Waals surface area contributed by atoms with E-state index in [9.17, 15) is 4.79 Å². The van der Waals surface area contributed by atoms with Gasteiger partial charge in [0.2, 0.25) is 5.91 Å². The van der Waals surface area contributed by atoms with Crippen molar-refractivity contribution in [2.75, 3.05) is 19.6 Å². The number of carbonyl (C=O) groups excluding carboxylic acids is 1. The van der Waals surface area contributed by atoms with E-state index in [-0.39, 0.29) is 5.91 Å². The molecule has 0 bridgehead atoms. The Labute approximate surface area is 89.2 Å². The molecule has 0 atom stereocenters. The fourth-order valence-corrected chi connectivity index (χ4v) is 1.09. The number of nitrogens with zero attached hydrogens (tertiary/aromatic N) is 2. The van der Waals surface area contributed by atoms with Gasteiger partial charge in [0, 0.05) is 25.5 Å². The summed E-state index contributed by atoms with van der Waals surface area (Å²) < 4.78 is 1.78. The number of carbonyl (C=O) groups is 1. The average Bonchev–Trinajstić information content (AvgIpc) is 2.71. The Kier molecular flexibility index (Phi) is 5.18. The number of hydrogen-bond donors (Lipinski definition) is 2. The maximum atomic E-state index is 11.2. The van der Waals surface area contributed by atoms with E-state index < -0.39 is 0 Å². The molecule has 1 aromatic rings. The summed E-state index contributed by atoms with van der Waals surface area (Å²) in [5.74, 6) is -0.0102.